The Morgan fingerprint density at radius 3 is 3.29 bits per heavy atom. The number of ether oxygens (including phenoxy) is 1. The molecule has 1 N–H and O–H groups in total. The molecule has 4 nitrogen and oxygen atoms in total. The molecule has 2 rings (SSSR count). The number of anilines is 1. The van der Waals surface area contributed by atoms with Crippen LogP contribution >= 0.6 is 0 Å². The molecular formula is C10H11N3O. The third-order valence-corrected chi connectivity index (χ3v) is 2.20. The second-order valence-corrected chi connectivity index (χ2v) is 3.22. The fourth-order valence-corrected chi connectivity index (χ4v) is 1.45. The summed E-state index contributed by atoms with van der Waals surface area (Å²) in [5.41, 5.74) is 0.583. The smallest absolute Gasteiger partial charge is 0.144 e. The van der Waals surface area contributed by atoms with Crippen molar-refractivity contribution in [2.24, 2.45) is 0 Å². The van der Waals surface area contributed by atoms with Crippen LogP contribution < -0.4 is 5.32 Å². The normalized spacial score (nSPS) is 20.4. The third kappa shape index (κ3) is 1.83. The third-order valence-electron chi connectivity index (χ3n) is 2.20. The van der Waals surface area contributed by atoms with E-state index in [1.165, 1.54) is 0 Å². The van der Waals surface area contributed by atoms with E-state index in [-0.39, 0.29) is 6.04 Å². The van der Waals surface area contributed by atoms with Gasteiger partial charge in [0.2, 0.25) is 0 Å². The molecule has 1 unspecified atom stereocenters. The van der Waals surface area contributed by atoms with Crippen molar-refractivity contribution in [2.45, 2.75) is 12.5 Å². The molecule has 0 aromatic carbocycles. The maximum absolute atomic E-state index is 8.83. The number of nitrogens with one attached hydrogen (secondary N) is 1. The molecule has 4 heteroatoms. The van der Waals surface area contributed by atoms with E-state index in [2.05, 4.69) is 16.4 Å². The zero-order chi connectivity index (χ0) is 9.80. The van der Waals surface area contributed by atoms with Crippen molar-refractivity contribution >= 4 is 5.82 Å². The summed E-state index contributed by atoms with van der Waals surface area (Å²) >= 11 is 0. The Hall–Kier alpha value is -1.60. The minimum Gasteiger partial charge on any atom is -0.379 e. The average Bonchev–Trinajstić information content (AvgIpc) is 2.71. The zero-order valence-electron chi connectivity index (χ0n) is 7.73. The fourth-order valence-electron chi connectivity index (χ4n) is 1.45. The molecule has 1 aromatic rings. The van der Waals surface area contributed by atoms with E-state index in [1.807, 2.05) is 0 Å². The highest BCUT2D eigenvalue weighted by molar-refractivity contribution is 5.51. The number of pyridine rings is 1. The Bertz CT molecular complexity index is 353. The molecule has 1 saturated heterocycles. The molecule has 1 fully saturated rings. The highest BCUT2D eigenvalue weighted by Crippen LogP contribution is 2.14. The SMILES string of the molecule is N#Cc1cccnc1NC1CCOC1. The quantitative estimate of drug-likeness (QED) is 0.758. The molecular weight excluding hydrogens is 178 g/mol. The van der Waals surface area contributed by atoms with Crippen LogP contribution in [0.1, 0.15) is 12.0 Å². The molecule has 0 spiro atoms. The lowest BCUT2D eigenvalue weighted by Gasteiger charge is -2.11. The first-order valence-electron chi connectivity index (χ1n) is 4.59. The van der Waals surface area contributed by atoms with Gasteiger partial charge in [-0.1, -0.05) is 0 Å². The van der Waals surface area contributed by atoms with E-state index in [0.29, 0.717) is 18.0 Å². The summed E-state index contributed by atoms with van der Waals surface area (Å²) in [6, 6.07) is 5.91. The maximum Gasteiger partial charge on any atom is 0.144 e. The number of nitrogens with zero attached hydrogens (tertiary/aromatic N) is 2. The Morgan fingerprint density at radius 2 is 2.57 bits per heavy atom. The highest BCUT2D eigenvalue weighted by Gasteiger charge is 2.16. The summed E-state index contributed by atoms with van der Waals surface area (Å²) < 4.78 is 5.23. The van der Waals surface area contributed by atoms with E-state index in [9.17, 15) is 0 Å². The van der Waals surface area contributed by atoms with Crippen LogP contribution in [0.3, 0.4) is 0 Å². The van der Waals surface area contributed by atoms with Crippen LogP contribution in [-0.2, 0) is 4.74 Å². The van der Waals surface area contributed by atoms with Crippen LogP contribution in [0.25, 0.3) is 0 Å². The fraction of sp³-hybridized carbons (Fsp3) is 0.400. The minimum atomic E-state index is 0.289. The van der Waals surface area contributed by atoms with Crippen molar-refractivity contribution in [3.63, 3.8) is 0 Å². The van der Waals surface area contributed by atoms with Gasteiger partial charge in [0.15, 0.2) is 0 Å². The van der Waals surface area contributed by atoms with Gasteiger partial charge >= 0.3 is 0 Å². The second-order valence-electron chi connectivity index (χ2n) is 3.22. The van der Waals surface area contributed by atoms with Gasteiger partial charge in [-0.3, -0.25) is 0 Å². The van der Waals surface area contributed by atoms with Crippen LogP contribution in [0.2, 0.25) is 0 Å². The molecule has 0 radical (unpaired) electrons. The van der Waals surface area contributed by atoms with E-state index < -0.39 is 0 Å². The highest BCUT2D eigenvalue weighted by atomic mass is 16.5. The number of rotatable bonds is 2. The van der Waals surface area contributed by atoms with Gasteiger partial charge in [-0.15, -0.1) is 0 Å². The van der Waals surface area contributed by atoms with Gasteiger partial charge in [-0.2, -0.15) is 5.26 Å². The molecule has 0 bridgehead atoms. The summed E-state index contributed by atoms with van der Waals surface area (Å²) in [6.07, 6.45) is 2.65. The van der Waals surface area contributed by atoms with Gasteiger partial charge in [-0.25, -0.2) is 4.98 Å². The van der Waals surface area contributed by atoms with Gasteiger partial charge < -0.3 is 10.1 Å². The lowest BCUT2D eigenvalue weighted by atomic mass is 10.2. The molecule has 1 atom stereocenters. The first kappa shape index (κ1) is 8.97. The van der Waals surface area contributed by atoms with E-state index in [0.717, 1.165) is 13.0 Å². The number of nitriles is 1. The minimum absolute atomic E-state index is 0.289. The zero-order valence-corrected chi connectivity index (χ0v) is 7.73. The predicted molar refractivity (Wildman–Crippen MR) is 51.8 cm³/mol. The first-order valence-corrected chi connectivity index (χ1v) is 4.59. The van der Waals surface area contributed by atoms with Crippen molar-refractivity contribution in [3.05, 3.63) is 23.9 Å². The number of aromatic nitrogens is 1. The molecule has 2 heterocycles. The molecule has 0 aliphatic carbocycles. The predicted octanol–water partition coefficient (Wildman–Crippen LogP) is 1.15. The van der Waals surface area contributed by atoms with Gasteiger partial charge in [0, 0.05) is 12.8 Å². The van der Waals surface area contributed by atoms with Gasteiger partial charge in [0.05, 0.1) is 18.2 Å². The van der Waals surface area contributed by atoms with Crippen LogP contribution in [-0.4, -0.2) is 24.2 Å². The van der Waals surface area contributed by atoms with E-state index in [1.54, 1.807) is 18.3 Å². The van der Waals surface area contributed by atoms with Crippen molar-refractivity contribution in [1.29, 1.82) is 5.26 Å². The average molecular weight is 189 g/mol. The molecule has 1 aliphatic heterocycles. The summed E-state index contributed by atoms with van der Waals surface area (Å²) in [5, 5.41) is 12.0. The standard InChI is InChI=1S/C10H11N3O/c11-6-8-2-1-4-12-10(8)13-9-3-5-14-7-9/h1-2,4,9H,3,5,7H2,(H,12,13). The van der Waals surface area contributed by atoms with Crippen LogP contribution in [0.15, 0.2) is 18.3 Å². The maximum atomic E-state index is 8.83. The number of hydrogen-bond acceptors (Lipinski definition) is 4. The van der Waals surface area contributed by atoms with Crippen molar-refractivity contribution in [2.75, 3.05) is 18.5 Å². The summed E-state index contributed by atoms with van der Waals surface area (Å²) in [5.74, 6) is 0.658. The van der Waals surface area contributed by atoms with Crippen molar-refractivity contribution in [1.82, 2.24) is 4.98 Å². The van der Waals surface area contributed by atoms with Crippen LogP contribution in [0.4, 0.5) is 5.82 Å². The molecule has 1 aliphatic rings. The molecule has 72 valence electrons. The first-order chi connectivity index (χ1) is 6.90. The van der Waals surface area contributed by atoms with Gasteiger partial charge in [-0.05, 0) is 18.6 Å². The lowest BCUT2D eigenvalue weighted by Crippen LogP contribution is -2.20. The number of hydrogen-bond donors (Lipinski definition) is 1. The topological polar surface area (TPSA) is 57.9 Å². The van der Waals surface area contributed by atoms with Gasteiger partial charge in [0.25, 0.3) is 0 Å². The Kier molecular flexibility index (Phi) is 2.61. The second kappa shape index (κ2) is 4.07. The lowest BCUT2D eigenvalue weighted by molar-refractivity contribution is 0.195. The molecule has 14 heavy (non-hydrogen) atoms. The van der Waals surface area contributed by atoms with Gasteiger partial charge in [0.1, 0.15) is 11.9 Å². The summed E-state index contributed by atoms with van der Waals surface area (Å²) in [4.78, 5) is 4.12. The molecule has 0 saturated carbocycles. The largest absolute Gasteiger partial charge is 0.379 e. The summed E-state index contributed by atoms with van der Waals surface area (Å²) in [7, 11) is 0. The van der Waals surface area contributed by atoms with Crippen LogP contribution in [0, 0.1) is 11.3 Å². The Morgan fingerprint density at radius 1 is 1.64 bits per heavy atom. The molecule has 0 amide bonds. The Balaban J connectivity index is 2.11. The van der Waals surface area contributed by atoms with E-state index >= 15 is 0 Å². The summed E-state index contributed by atoms with van der Waals surface area (Å²) in [6.45, 7) is 1.48. The van der Waals surface area contributed by atoms with Crippen molar-refractivity contribution in [3.8, 4) is 6.07 Å². The van der Waals surface area contributed by atoms with Crippen molar-refractivity contribution < 1.29 is 4.74 Å². The Labute approximate surface area is 82.5 Å². The van der Waals surface area contributed by atoms with E-state index in [4.69, 9.17) is 10.00 Å². The molecule has 1 aromatic heterocycles. The monoisotopic (exact) mass is 189 g/mol. The van der Waals surface area contributed by atoms with Crippen LogP contribution in [0.5, 0.6) is 0 Å².